The zero-order chi connectivity index (χ0) is 19.3. The summed E-state index contributed by atoms with van der Waals surface area (Å²) in [5.74, 6) is 1.83. The molecule has 4 rings (SSSR count). The topological polar surface area (TPSA) is 32.8 Å². The van der Waals surface area contributed by atoms with E-state index in [1.54, 1.807) is 7.11 Å². The van der Waals surface area contributed by atoms with E-state index in [2.05, 4.69) is 40.1 Å². The van der Waals surface area contributed by atoms with Crippen LogP contribution in [-0.4, -0.2) is 44.1 Å². The van der Waals surface area contributed by atoms with Gasteiger partial charge in [-0.15, -0.1) is 0 Å². The van der Waals surface area contributed by atoms with Gasteiger partial charge in [-0.05, 0) is 60.9 Å². The van der Waals surface area contributed by atoms with Gasteiger partial charge in [0, 0.05) is 38.3 Å². The van der Waals surface area contributed by atoms with Crippen molar-refractivity contribution in [2.45, 2.75) is 32.1 Å². The maximum Gasteiger partial charge on any atom is 0.222 e. The average Bonchev–Trinajstić information content (AvgIpc) is 3.15. The Bertz CT molecular complexity index is 812. The summed E-state index contributed by atoms with van der Waals surface area (Å²) in [6.07, 6.45) is 4.75. The Morgan fingerprint density at radius 1 is 1.07 bits per heavy atom. The quantitative estimate of drug-likeness (QED) is 0.764. The minimum absolute atomic E-state index is 0.285. The molecule has 1 saturated heterocycles. The molecule has 0 atom stereocenters. The first-order valence-corrected chi connectivity index (χ1v) is 10.5. The molecular weight excluding hydrogens is 348 g/mol. The Balaban J connectivity index is 1.23. The molecule has 2 aromatic carbocycles. The standard InChI is InChI=1S/C24H30N2O2/c1-28-22-7-4-5-19(17-22)9-10-24(27)25-14-11-20(12-15-25)18-26-16-13-21-6-2-3-8-23(21)26/h2-8,17,20H,9-16,18H2,1H3. The third kappa shape index (κ3) is 4.32. The highest BCUT2D eigenvalue weighted by molar-refractivity contribution is 5.76. The lowest BCUT2D eigenvalue weighted by molar-refractivity contribution is -0.132. The van der Waals surface area contributed by atoms with Crippen molar-refractivity contribution in [3.05, 3.63) is 59.7 Å². The number of aryl methyl sites for hydroxylation is 1. The van der Waals surface area contributed by atoms with Crippen LogP contribution in [-0.2, 0) is 17.6 Å². The first kappa shape index (κ1) is 18.9. The molecule has 2 aromatic rings. The predicted molar refractivity (Wildman–Crippen MR) is 113 cm³/mol. The number of likely N-dealkylation sites (tertiary alicyclic amines) is 1. The summed E-state index contributed by atoms with van der Waals surface area (Å²) in [7, 11) is 1.68. The highest BCUT2D eigenvalue weighted by Crippen LogP contribution is 2.30. The number of anilines is 1. The average molecular weight is 379 g/mol. The molecule has 2 heterocycles. The molecule has 2 aliphatic rings. The van der Waals surface area contributed by atoms with Crippen molar-refractivity contribution >= 4 is 11.6 Å². The molecule has 0 spiro atoms. The summed E-state index contributed by atoms with van der Waals surface area (Å²) in [6.45, 7) is 4.07. The molecule has 0 saturated carbocycles. The number of carbonyl (C=O) groups is 1. The summed E-state index contributed by atoms with van der Waals surface area (Å²) >= 11 is 0. The Morgan fingerprint density at radius 3 is 2.71 bits per heavy atom. The smallest absolute Gasteiger partial charge is 0.222 e. The molecule has 0 aliphatic carbocycles. The van der Waals surface area contributed by atoms with Crippen LogP contribution in [0.25, 0.3) is 0 Å². The van der Waals surface area contributed by atoms with Crippen LogP contribution in [0.3, 0.4) is 0 Å². The zero-order valence-corrected chi connectivity index (χ0v) is 16.8. The highest BCUT2D eigenvalue weighted by atomic mass is 16.5. The molecule has 4 nitrogen and oxygen atoms in total. The van der Waals surface area contributed by atoms with Crippen LogP contribution in [0.2, 0.25) is 0 Å². The van der Waals surface area contributed by atoms with E-state index in [4.69, 9.17) is 4.74 Å². The minimum Gasteiger partial charge on any atom is -0.497 e. The summed E-state index contributed by atoms with van der Waals surface area (Å²) in [5, 5.41) is 0. The lowest BCUT2D eigenvalue weighted by atomic mass is 9.95. The number of hydrogen-bond acceptors (Lipinski definition) is 3. The van der Waals surface area contributed by atoms with E-state index in [9.17, 15) is 4.79 Å². The van der Waals surface area contributed by atoms with Gasteiger partial charge in [-0.1, -0.05) is 30.3 Å². The van der Waals surface area contributed by atoms with Crippen LogP contribution < -0.4 is 9.64 Å². The van der Waals surface area contributed by atoms with E-state index in [-0.39, 0.29) is 5.91 Å². The van der Waals surface area contributed by atoms with Gasteiger partial charge in [-0.3, -0.25) is 4.79 Å². The number of carbonyl (C=O) groups excluding carboxylic acids is 1. The first-order valence-electron chi connectivity index (χ1n) is 10.5. The summed E-state index contributed by atoms with van der Waals surface area (Å²) in [6, 6.07) is 16.8. The molecule has 0 bridgehead atoms. The van der Waals surface area contributed by atoms with Crippen LogP contribution in [0.5, 0.6) is 5.75 Å². The van der Waals surface area contributed by atoms with Gasteiger partial charge in [-0.25, -0.2) is 0 Å². The van der Waals surface area contributed by atoms with E-state index in [1.807, 2.05) is 18.2 Å². The predicted octanol–water partition coefficient (Wildman–Crippen LogP) is 3.93. The molecule has 28 heavy (non-hydrogen) atoms. The lowest BCUT2D eigenvalue weighted by Crippen LogP contribution is -2.41. The van der Waals surface area contributed by atoms with E-state index >= 15 is 0 Å². The van der Waals surface area contributed by atoms with Crippen molar-refractivity contribution in [1.29, 1.82) is 0 Å². The molecule has 1 fully saturated rings. The number of hydrogen-bond donors (Lipinski definition) is 0. The normalized spacial score (nSPS) is 16.9. The van der Waals surface area contributed by atoms with Gasteiger partial charge in [0.2, 0.25) is 5.91 Å². The van der Waals surface area contributed by atoms with Crippen LogP contribution in [0.4, 0.5) is 5.69 Å². The van der Waals surface area contributed by atoms with E-state index in [0.29, 0.717) is 12.3 Å². The fraction of sp³-hybridized carbons (Fsp3) is 0.458. The van der Waals surface area contributed by atoms with Gasteiger partial charge in [0.25, 0.3) is 0 Å². The van der Waals surface area contributed by atoms with Crippen molar-refractivity contribution in [2.75, 3.05) is 38.2 Å². The molecule has 2 aliphatic heterocycles. The Morgan fingerprint density at radius 2 is 1.89 bits per heavy atom. The molecule has 0 N–H and O–H groups in total. The monoisotopic (exact) mass is 378 g/mol. The highest BCUT2D eigenvalue weighted by Gasteiger charge is 2.26. The SMILES string of the molecule is COc1cccc(CCC(=O)N2CCC(CN3CCc4ccccc43)CC2)c1. The number of nitrogens with zero attached hydrogens (tertiary/aromatic N) is 2. The number of rotatable bonds is 6. The fourth-order valence-electron chi connectivity index (χ4n) is 4.51. The van der Waals surface area contributed by atoms with E-state index in [1.165, 1.54) is 11.3 Å². The third-order valence-corrected chi connectivity index (χ3v) is 6.19. The second-order valence-corrected chi connectivity index (χ2v) is 8.00. The molecule has 0 radical (unpaired) electrons. The Kier molecular flexibility index (Phi) is 5.84. The van der Waals surface area contributed by atoms with Crippen LogP contribution in [0, 0.1) is 5.92 Å². The molecular formula is C24H30N2O2. The van der Waals surface area contributed by atoms with Gasteiger partial charge in [0.15, 0.2) is 0 Å². The number of ether oxygens (including phenoxy) is 1. The van der Waals surface area contributed by atoms with Crippen molar-refractivity contribution in [2.24, 2.45) is 5.92 Å². The van der Waals surface area contributed by atoms with Crippen LogP contribution in [0.15, 0.2) is 48.5 Å². The van der Waals surface area contributed by atoms with Crippen molar-refractivity contribution in [3.63, 3.8) is 0 Å². The number of piperidine rings is 1. The van der Waals surface area contributed by atoms with Gasteiger partial charge < -0.3 is 14.5 Å². The number of para-hydroxylation sites is 1. The fourth-order valence-corrected chi connectivity index (χ4v) is 4.51. The molecule has 0 aromatic heterocycles. The molecule has 0 unspecified atom stereocenters. The summed E-state index contributed by atoms with van der Waals surface area (Å²) < 4.78 is 5.27. The minimum atomic E-state index is 0.285. The summed E-state index contributed by atoms with van der Waals surface area (Å²) in [5.41, 5.74) is 4.06. The lowest BCUT2D eigenvalue weighted by Gasteiger charge is -2.34. The number of fused-ring (bicyclic) bond motifs is 1. The third-order valence-electron chi connectivity index (χ3n) is 6.19. The van der Waals surface area contributed by atoms with Crippen molar-refractivity contribution in [1.82, 2.24) is 4.90 Å². The number of amides is 1. The molecule has 148 valence electrons. The second-order valence-electron chi connectivity index (χ2n) is 8.00. The number of methoxy groups -OCH3 is 1. The zero-order valence-electron chi connectivity index (χ0n) is 16.8. The first-order chi connectivity index (χ1) is 13.7. The van der Waals surface area contributed by atoms with Crippen molar-refractivity contribution < 1.29 is 9.53 Å². The maximum atomic E-state index is 12.6. The Labute approximate surface area is 168 Å². The second kappa shape index (κ2) is 8.68. The van der Waals surface area contributed by atoms with Crippen molar-refractivity contribution in [3.8, 4) is 5.75 Å². The van der Waals surface area contributed by atoms with E-state index in [0.717, 1.165) is 63.2 Å². The molecule has 1 amide bonds. The van der Waals surface area contributed by atoms with Gasteiger partial charge in [-0.2, -0.15) is 0 Å². The Hall–Kier alpha value is -2.49. The van der Waals surface area contributed by atoms with E-state index < -0.39 is 0 Å². The summed E-state index contributed by atoms with van der Waals surface area (Å²) in [4.78, 5) is 17.2. The van der Waals surface area contributed by atoms with Crippen LogP contribution >= 0.6 is 0 Å². The maximum absolute atomic E-state index is 12.6. The molecule has 4 heteroatoms. The van der Waals surface area contributed by atoms with Gasteiger partial charge in [0.1, 0.15) is 5.75 Å². The largest absolute Gasteiger partial charge is 0.497 e. The van der Waals surface area contributed by atoms with Gasteiger partial charge >= 0.3 is 0 Å². The number of benzene rings is 2. The van der Waals surface area contributed by atoms with Gasteiger partial charge in [0.05, 0.1) is 7.11 Å². The van der Waals surface area contributed by atoms with Crippen LogP contribution in [0.1, 0.15) is 30.4 Å².